The van der Waals surface area contributed by atoms with Crippen molar-refractivity contribution < 1.29 is 14.0 Å². The lowest BCUT2D eigenvalue weighted by Gasteiger charge is -2.42. The molecule has 0 saturated carbocycles. The van der Waals surface area contributed by atoms with Crippen LogP contribution in [0.5, 0.6) is 0 Å². The molecule has 1 aromatic rings. The Bertz CT molecular complexity index is 455. The van der Waals surface area contributed by atoms with Gasteiger partial charge in [-0.2, -0.15) is 0 Å². The van der Waals surface area contributed by atoms with Crippen molar-refractivity contribution in [2.75, 3.05) is 0 Å². The number of nitrogens with zero attached hydrogens (tertiary/aromatic N) is 1. The van der Waals surface area contributed by atoms with E-state index in [-0.39, 0.29) is 11.8 Å². The van der Waals surface area contributed by atoms with Crippen LogP contribution in [0.1, 0.15) is 32.8 Å². The van der Waals surface area contributed by atoms with E-state index in [0.29, 0.717) is 13.0 Å². The fourth-order valence-electron chi connectivity index (χ4n) is 2.09. The summed E-state index contributed by atoms with van der Waals surface area (Å²) in [6.07, 6.45) is 3.73. The zero-order chi connectivity index (χ0) is 13.3. The zero-order valence-electron chi connectivity index (χ0n) is 10.9. The Morgan fingerprint density at radius 3 is 2.78 bits per heavy atom. The lowest BCUT2D eigenvalue weighted by atomic mass is 9.92. The Balaban J connectivity index is 2.25. The molecule has 0 aromatic carbocycles. The van der Waals surface area contributed by atoms with Gasteiger partial charge in [0.15, 0.2) is 0 Å². The minimum atomic E-state index is -0.798. The summed E-state index contributed by atoms with van der Waals surface area (Å²) in [5, 5.41) is 2.80. The number of carbonyl (C=O) groups is 2. The normalized spacial score (nSPS) is 28.4. The molecule has 2 unspecified atom stereocenters. The van der Waals surface area contributed by atoms with Crippen molar-refractivity contribution in [3.63, 3.8) is 0 Å². The number of nitrogens with one attached hydrogen (secondary N) is 1. The Morgan fingerprint density at radius 1 is 1.50 bits per heavy atom. The van der Waals surface area contributed by atoms with Crippen LogP contribution in [0.3, 0.4) is 0 Å². The maximum Gasteiger partial charge on any atom is 0.249 e. The van der Waals surface area contributed by atoms with Gasteiger partial charge in [-0.1, -0.05) is 6.92 Å². The first-order chi connectivity index (χ1) is 8.48. The van der Waals surface area contributed by atoms with Crippen LogP contribution in [-0.4, -0.2) is 28.3 Å². The maximum atomic E-state index is 12.4. The largest absolute Gasteiger partial charge is 0.472 e. The summed E-state index contributed by atoms with van der Waals surface area (Å²) < 4.78 is 4.99. The highest BCUT2D eigenvalue weighted by atomic mass is 16.3. The highest BCUT2D eigenvalue weighted by Gasteiger charge is 2.45. The predicted molar refractivity (Wildman–Crippen MR) is 65.6 cm³/mol. The average Bonchev–Trinajstić information content (AvgIpc) is 2.85. The van der Waals surface area contributed by atoms with E-state index in [1.54, 1.807) is 37.3 Å². The van der Waals surface area contributed by atoms with Gasteiger partial charge in [0, 0.05) is 12.1 Å². The van der Waals surface area contributed by atoms with Crippen molar-refractivity contribution in [2.45, 2.75) is 45.3 Å². The average molecular weight is 250 g/mol. The molecule has 2 atom stereocenters. The molecule has 1 saturated heterocycles. The van der Waals surface area contributed by atoms with E-state index in [2.05, 4.69) is 5.32 Å². The highest BCUT2D eigenvalue weighted by Crippen LogP contribution is 2.23. The third-order valence-electron chi connectivity index (χ3n) is 3.62. The van der Waals surface area contributed by atoms with Gasteiger partial charge in [0.05, 0.1) is 12.5 Å². The van der Waals surface area contributed by atoms with Crippen molar-refractivity contribution >= 4 is 11.8 Å². The molecule has 0 bridgehead atoms. The number of furan rings is 1. The van der Waals surface area contributed by atoms with E-state index in [1.807, 2.05) is 6.92 Å². The lowest BCUT2D eigenvalue weighted by Crippen LogP contribution is -2.67. The van der Waals surface area contributed by atoms with E-state index in [0.717, 1.165) is 5.56 Å². The van der Waals surface area contributed by atoms with Crippen LogP contribution in [0.4, 0.5) is 0 Å². The molecule has 0 radical (unpaired) electrons. The molecule has 1 aromatic heterocycles. The van der Waals surface area contributed by atoms with Gasteiger partial charge in [-0.3, -0.25) is 9.59 Å². The summed E-state index contributed by atoms with van der Waals surface area (Å²) in [4.78, 5) is 26.0. The van der Waals surface area contributed by atoms with Crippen LogP contribution in [0.2, 0.25) is 0 Å². The minimum Gasteiger partial charge on any atom is -0.472 e. The first-order valence-electron chi connectivity index (χ1n) is 6.12. The van der Waals surface area contributed by atoms with Crippen LogP contribution < -0.4 is 5.32 Å². The molecule has 5 nitrogen and oxygen atoms in total. The molecule has 0 spiro atoms. The Labute approximate surface area is 106 Å². The molecule has 0 aliphatic carbocycles. The van der Waals surface area contributed by atoms with Gasteiger partial charge in [-0.25, -0.2) is 0 Å². The molecule has 5 heteroatoms. The van der Waals surface area contributed by atoms with Crippen LogP contribution >= 0.6 is 0 Å². The number of hydrogen-bond acceptors (Lipinski definition) is 3. The molecule has 1 aliphatic heterocycles. The van der Waals surface area contributed by atoms with E-state index >= 15 is 0 Å². The van der Waals surface area contributed by atoms with Gasteiger partial charge in [0.25, 0.3) is 0 Å². The minimum absolute atomic E-state index is 0.0432. The molecular weight excluding hydrogens is 232 g/mol. The molecular formula is C13H18N2O3. The number of carbonyl (C=O) groups excluding carboxylic acids is 2. The van der Waals surface area contributed by atoms with Crippen LogP contribution in [0.25, 0.3) is 0 Å². The van der Waals surface area contributed by atoms with Crippen molar-refractivity contribution in [3.8, 4) is 0 Å². The van der Waals surface area contributed by atoms with Crippen molar-refractivity contribution in [3.05, 3.63) is 24.2 Å². The van der Waals surface area contributed by atoms with Gasteiger partial charge >= 0.3 is 0 Å². The number of piperazine rings is 1. The fourth-order valence-corrected chi connectivity index (χ4v) is 2.09. The molecule has 1 fully saturated rings. The summed E-state index contributed by atoms with van der Waals surface area (Å²) in [5.41, 5.74) is 0.0937. The first-order valence-corrected chi connectivity index (χ1v) is 6.12. The van der Waals surface area contributed by atoms with Crippen LogP contribution in [-0.2, 0) is 16.1 Å². The predicted octanol–water partition coefficient (Wildman–Crippen LogP) is 1.30. The van der Waals surface area contributed by atoms with Gasteiger partial charge < -0.3 is 14.6 Å². The molecule has 1 aliphatic rings. The van der Waals surface area contributed by atoms with E-state index < -0.39 is 11.6 Å². The molecule has 98 valence electrons. The molecule has 2 heterocycles. The third kappa shape index (κ3) is 2.00. The van der Waals surface area contributed by atoms with Crippen molar-refractivity contribution in [1.82, 2.24) is 10.2 Å². The molecule has 1 N–H and O–H groups in total. The zero-order valence-corrected chi connectivity index (χ0v) is 10.9. The molecule has 18 heavy (non-hydrogen) atoms. The third-order valence-corrected chi connectivity index (χ3v) is 3.62. The monoisotopic (exact) mass is 250 g/mol. The summed E-state index contributed by atoms with van der Waals surface area (Å²) >= 11 is 0. The van der Waals surface area contributed by atoms with Gasteiger partial charge in [0.1, 0.15) is 11.6 Å². The fraction of sp³-hybridized carbons (Fsp3) is 0.538. The number of hydrogen-bond donors (Lipinski definition) is 1. The molecule has 2 rings (SSSR count). The summed E-state index contributed by atoms with van der Waals surface area (Å²) in [7, 11) is 0. The maximum absolute atomic E-state index is 12.4. The van der Waals surface area contributed by atoms with Crippen molar-refractivity contribution in [1.29, 1.82) is 0 Å². The Morgan fingerprint density at radius 2 is 2.22 bits per heavy atom. The quantitative estimate of drug-likeness (QED) is 0.879. The van der Waals surface area contributed by atoms with Crippen LogP contribution in [0.15, 0.2) is 23.0 Å². The van der Waals surface area contributed by atoms with Gasteiger partial charge in [0.2, 0.25) is 11.8 Å². The SMILES string of the molecule is CCC1(C)NC(=O)C(C)N(Cc2ccoc2)C1=O. The second-order valence-corrected chi connectivity index (χ2v) is 4.92. The Hall–Kier alpha value is -1.78. The van der Waals surface area contributed by atoms with Crippen LogP contribution in [0, 0.1) is 0 Å². The van der Waals surface area contributed by atoms with E-state index in [9.17, 15) is 9.59 Å². The van der Waals surface area contributed by atoms with Crippen molar-refractivity contribution in [2.24, 2.45) is 0 Å². The summed E-state index contributed by atoms with van der Waals surface area (Å²) in [6.45, 7) is 5.80. The van der Waals surface area contributed by atoms with Gasteiger partial charge in [-0.15, -0.1) is 0 Å². The van der Waals surface area contributed by atoms with E-state index in [1.165, 1.54) is 0 Å². The first kappa shape index (κ1) is 12.7. The standard InChI is InChI=1S/C13H18N2O3/c1-4-13(3)12(17)15(9(2)11(16)14-13)7-10-5-6-18-8-10/h5-6,8-9H,4,7H2,1-3H3,(H,14,16). The topological polar surface area (TPSA) is 62.6 Å². The molecule has 2 amide bonds. The second kappa shape index (κ2) is 4.48. The Kier molecular flexibility index (Phi) is 3.15. The number of rotatable bonds is 3. The number of amides is 2. The highest BCUT2D eigenvalue weighted by molar-refractivity contribution is 5.99. The van der Waals surface area contributed by atoms with Gasteiger partial charge in [-0.05, 0) is 26.3 Å². The summed E-state index contributed by atoms with van der Waals surface area (Å²) in [5.74, 6) is -0.152. The van der Waals surface area contributed by atoms with E-state index in [4.69, 9.17) is 4.42 Å². The second-order valence-electron chi connectivity index (χ2n) is 4.92. The smallest absolute Gasteiger partial charge is 0.249 e. The lowest BCUT2D eigenvalue weighted by molar-refractivity contribution is -0.154. The summed E-state index contributed by atoms with van der Waals surface area (Å²) in [6, 6.07) is 1.35.